The largest absolute Gasteiger partial charge is 0.453 e. The Balaban J connectivity index is 1.86. The van der Waals surface area contributed by atoms with Crippen molar-refractivity contribution in [3.63, 3.8) is 0 Å². The number of nitrogens with zero attached hydrogens (tertiary/aromatic N) is 3. The van der Waals surface area contributed by atoms with Gasteiger partial charge in [0.1, 0.15) is 5.76 Å². The summed E-state index contributed by atoms with van der Waals surface area (Å²) in [6.07, 6.45) is 0. The van der Waals surface area contributed by atoms with Crippen molar-refractivity contribution in [2.75, 3.05) is 39.8 Å². The van der Waals surface area contributed by atoms with Gasteiger partial charge in [0.25, 0.3) is 0 Å². The van der Waals surface area contributed by atoms with E-state index in [9.17, 15) is 4.79 Å². The van der Waals surface area contributed by atoms with E-state index >= 15 is 0 Å². The minimum atomic E-state index is -0.137. The second-order valence-corrected chi connectivity index (χ2v) is 6.34. The van der Waals surface area contributed by atoms with Gasteiger partial charge in [-0.1, -0.05) is 6.92 Å². The molecule has 1 aromatic heterocycles. The number of likely N-dealkylation sites (N-methyl/N-ethyl adjacent to an activating group) is 2. The Morgan fingerprint density at radius 3 is 2.57 bits per heavy atom. The summed E-state index contributed by atoms with van der Waals surface area (Å²) in [6, 6.07) is 3.67. The van der Waals surface area contributed by atoms with Gasteiger partial charge in [0.05, 0.1) is 12.6 Å². The second-order valence-electron chi connectivity index (χ2n) is 5.56. The van der Waals surface area contributed by atoms with E-state index in [1.54, 1.807) is 0 Å². The number of rotatable bonds is 5. The standard InChI is InChI=1S/C15H24BrN3O2/c1-4-18-7-9-19(10-8-18)15(20)12(2)17(3)11-13-5-6-14(16)21-13/h5-6,12H,4,7-11H2,1-3H3. The predicted octanol–water partition coefficient (Wildman–Crippen LogP) is 2.03. The lowest BCUT2D eigenvalue weighted by Gasteiger charge is -2.36. The fourth-order valence-electron chi connectivity index (χ4n) is 2.56. The molecular formula is C15H24BrN3O2. The summed E-state index contributed by atoms with van der Waals surface area (Å²) >= 11 is 3.30. The highest BCUT2D eigenvalue weighted by Crippen LogP contribution is 2.16. The van der Waals surface area contributed by atoms with E-state index in [1.165, 1.54) is 0 Å². The first-order valence-electron chi connectivity index (χ1n) is 7.47. The molecule has 0 aromatic carbocycles. The SMILES string of the molecule is CCN1CCN(C(=O)C(C)N(C)Cc2ccc(Br)o2)CC1. The molecule has 0 aliphatic carbocycles. The van der Waals surface area contributed by atoms with Crippen LogP contribution in [-0.4, -0.2) is 66.4 Å². The number of halogens is 1. The molecule has 21 heavy (non-hydrogen) atoms. The number of furan rings is 1. The fourth-order valence-corrected chi connectivity index (χ4v) is 2.90. The second kappa shape index (κ2) is 7.42. The maximum Gasteiger partial charge on any atom is 0.239 e. The van der Waals surface area contributed by atoms with Gasteiger partial charge < -0.3 is 14.2 Å². The molecule has 2 rings (SSSR count). The van der Waals surface area contributed by atoms with Crippen molar-refractivity contribution in [2.24, 2.45) is 0 Å². The third-order valence-electron chi connectivity index (χ3n) is 4.18. The van der Waals surface area contributed by atoms with Crippen LogP contribution in [-0.2, 0) is 11.3 Å². The molecule has 5 nitrogen and oxygen atoms in total. The predicted molar refractivity (Wildman–Crippen MR) is 86.0 cm³/mol. The van der Waals surface area contributed by atoms with Crippen molar-refractivity contribution >= 4 is 21.8 Å². The first-order valence-corrected chi connectivity index (χ1v) is 8.26. The molecule has 6 heteroatoms. The van der Waals surface area contributed by atoms with E-state index < -0.39 is 0 Å². The number of amides is 1. The van der Waals surface area contributed by atoms with Crippen molar-refractivity contribution in [1.29, 1.82) is 0 Å². The molecule has 1 atom stereocenters. The van der Waals surface area contributed by atoms with Gasteiger partial charge in [-0.2, -0.15) is 0 Å². The summed E-state index contributed by atoms with van der Waals surface area (Å²) in [5.41, 5.74) is 0. The van der Waals surface area contributed by atoms with E-state index in [1.807, 2.05) is 35.9 Å². The van der Waals surface area contributed by atoms with E-state index in [4.69, 9.17) is 4.42 Å². The Morgan fingerprint density at radius 2 is 2.05 bits per heavy atom. The lowest BCUT2D eigenvalue weighted by molar-refractivity contribution is -0.137. The van der Waals surface area contributed by atoms with Crippen LogP contribution in [0.15, 0.2) is 21.2 Å². The van der Waals surface area contributed by atoms with Crippen LogP contribution in [0.2, 0.25) is 0 Å². The van der Waals surface area contributed by atoms with Crippen LogP contribution in [0.4, 0.5) is 0 Å². The quantitative estimate of drug-likeness (QED) is 0.808. The highest BCUT2D eigenvalue weighted by molar-refractivity contribution is 9.10. The van der Waals surface area contributed by atoms with Gasteiger partial charge in [-0.25, -0.2) is 0 Å². The number of carbonyl (C=O) groups excluding carboxylic acids is 1. The molecule has 0 radical (unpaired) electrons. The molecule has 0 spiro atoms. The number of hydrogen-bond acceptors (Lipinski definition) is 4. The van der Waals surface area contributed by atoms with Gasteiger partial charge in [-0.15, -0.1) is 0 Å². The van der Waals surface area contributed by atoms with Gasteiger partial charge >= 0.3 is 0 Å². The Bertz CT molecular complexity index is 469. The first-order chi connectivity index (χ1) is 10.0. The molecule has 1 saturated heterocycles. The number of hydrogen-bond donors (Lipinski definition) is 0. The molecule has 0 N–H and O–H groups in total. The van der Waals surface area contributed by atoms with Gasteiger partial charge in [-0.3, -0.25) is 9.69 Å². The van der Waals surface area contributed by atoms with E-state index in [-0.39, 0.29) is 11.9 Å². The average Bonchev–Trinajstić information content (AvgIpc) is 2.90. The molecule has 1 aliphatic heterocycles. The molecule has 2 heterocycles. The molecule has 1 fully saturated rings. The molecule has 0 saturated carbocycles. The third-order valence-corrected chi connectivity index (χ3v) is 4.61. The van der Waals surface area contributed by atoms with Gasteiger partial charge in [0.15, 0.2) is 4.67 Å². The third kappa shape index (κ3) is 4.31. The molecule has 118 valence electrons. The van der Waals surface area contributed by atoms with Crippen molar-refractivity contribution in [2.45, 2.75) is 26.4 Å². The molecule has 0 bridgehead atoms. The summed E-state index contributed by atoms with van der Waals surface area (Å²) in [5, 5.41) is 0. The van der Waals surface area contributed by atoms with Gasteiger partial charge in [-0.05, 0) is 48.6 Å². The van der Waals surface area contributed by atoms with Crippen LogP contribution in [0.5, 0.6) is 0 Å². The van der Waals surface area contributed by atoms with Crippen molar-refractivity contribution in [3.8, 4) is 0 Å². The average molecular weight is 358 g/mol. The summed E-state index contributed by atoms with van der Waals surface area (Å²) in [4.78, 5) is 18.9. The lowest BCUT2D eigenvalue weighted by Crippen LogP contribution is -2.53. The number of carbonyl (C=O) groups is 1. The minimum Gasteiger partial charge on any atom is -0.453 e. The highest BCUT2D eigenvalue weighted by Gasteiger charge is 2.27. The van der Waals surface area contributed by atoms with Crippen LogP contribution in [0.25, 0.3) is 0 Å². The van der Waals surface area contributed by atoms with E-state index in [0.717, 1.165) is 43.2 Å². The number of piperazine rings is 1. The first kappa shape index (κ1) is 16.5. The van der Waals surface area contributed by atoms with Crippen molar-refractivity contribution in [1.82, 2.24) is 14.7 Å². The smallest absolute Gasteiger partial charge is 0.239 e. The molecule has 1 aromatic rings. The van der Waals surface area contributed by atoms with Crippen LogP contribution >= 0.6 is 15.9 Å². The monoisotopic (exact) mass is 357 g/mol. The van der Waals surface area contributed by atoms with Gasteiger partial charge in [0.2, 0.25) is 5.91 Å². The maximum atomic E-state index is 12.6. The molecule has 1 amide bonds. The maximum absolute atomic E-state index is 12.6. The zero-order valence-electron chi connectivity index (χ0n) is 13.0. The van der Waals surface area contributed by atoms with Crippen LogP contribution in [0.3, 0.4) is 0 Å². The topological polar surface area (TPSA) is 39.9 Å². The van der Waals surface area contributed by atoms with E-state index in [0.29, 0.717) is 6.54 Å². The molecule has 1 unspecified atom stereocenters. The van der Waals surface area contributed by atoms with Crippen molar-refractivity contribution in [3.05, 3.63) is 22.6 Å². The highest BCUT2D eigenvalue weighted by atomic mass is 79.9. The normalized spacial score (nSPS) is 18.2. The van der Waals surface area contributed by atoms with Crippen LogP contribution < -0.4 is 0 Å². The zero-order chi connectivity index (χ0) is 15.4. The Kier molecular flexibility index (Phi) is 5.84. The molecule has 1 aliphatic rings. The summed E-state index contributed by atoms with van der Waals surface area (Å²) < 4.78 is 6.22. The Morgan fingerprint density at radius 1 is 1.38 bits per heavy atom. The summed E-state index contributed by atoms with van der Waals surface area (Å²) in [7, 11) is 1.96. The minimum absolute atomic E-state index is 0.137. The summed E-state index contributed by atoms with van der Waals surface area (Å²) in [5.74, 6) is 1.07. The Hall–Kier alpha value is -0.850. The lowest BCUT2D eigenvalue weighted by atomic mass is 10.2. The van der Waals surface area contributed by atoms with Crippen molar-refractivity contribution < 1.29 is 9.21 Å². The van der Waals surface area contributed by atoms with Gasteiger partial charge in [0, 0.05) is 26.2 Å². The van der Waals surface area contributed by atoms with E-state index in [2.05, 4.69) is 27.8 Å². The summed E-state index contributed by atoms with van der Waals surface area (Å²) in [6.45, 7) is 9.43. The van der Waals surface area contributed by atoms with Crippen LogP contribution in [0, 0.1) is 0 Å². The van der Waals surface area contributed by atoms with Crippen LogP contribution in [0.1, 0.15) is 19.6 Å². The fraction of sp³-hybridized carbons (Fsp3) is 0.667. The molecular weight excluding hydrogens is 334 g/mol. The zero-order valence-corrected chi connectivity index (χ0v) is 14.6. The Labute approximate surface area is 135 Å².